The summed E-state index contributed by atoms with van der Waals surface area (Å²) in [6, 6.07) is 1.40. The van der Waals surface area contributed by atoms with Gasteiger partial charge >= 0.3 is 12.0 Å². The number of nitrogens with zero attached hydrogens (tertiary/aromatic N) is 2. The van der Waals surface area contributed by atoms with Gasteiger partial charge in [0.2, 0.25) is 0 Å². The highest BCUT2D eigenvalue weighted by Gasteiger charge is 2.03. The molecule has 0 unspecified atom stereocenters. The number of unbranched alkanes of at least 4 members (excludes halogenated alkanes) is 2. The third kappa shape index (κ3) is 5.88. The van der Waals surface area contributed by atoms with Gasteiger partial charge in [-0.3, -0.25) is 14.8 Å². The van der Waals surface area contributed by atoms with E-state index in [9.17, 15) is 9.59 Å². The smallest absolute Gasteiger partial charge is 0.320 e. The van der Waals surface area contributed by atoms with Crippen molar-refractivity contribution in [3.8, 4) is 0 Å². The highest BCUT2D eigenvalue weighted by Crippen LogP contribution is 2.01. The topological polar surface area (TPSA) is 96.2 Å². The number of urea groups is 1. The number of hydrogen-bond acceptors (Lipinski definition) is 3. The van der Waals surface area contributed by atoms with E-state index in [1.165, 1.54) is 0 Å². The Labute approximate surface area is 105 Å². The molecule has 1 aromatic heterocycles. The molecule has 1 aromatic rings. The number of carbonyl (C=O) groups is 2. The second-order valence-electron chi connectivity index (χ2n) is 3.96. The van der Waals surface area contributed by atoms with E-state index in [0.717, 1.165) is 12.8 Å². The zero-order chi connectivity index (χ0) is 13.4. The van der Waals surface area contributed by atoms with Gasteiger partial charge in [-0.2, -0.15) is 5.10 Å². The fraction of sp³-hybridized carbons (Fsp3) is 0.545. The number of nitrogens with one attached hydrogen (secondary N) is 2. The highest BCUT2D eigenvalue weighted by atomic mass is 16.4. The zero-order valence-corrected chi connectivity index (χ0v) is 10.3. The fourth-order valence-electron chi connectivity index (χ4n) is 1.42. The summed E-state index contributed by atoms with van der Waals surface area (Å²) in [7, 11) is 1.77. The van der Waals surface area contributed by atoms with Gasteiger partial charge in [0.15, 0.2) is 5.82 Å². The van der Waals surface area contributed by atoms with Crippen molar-refractivity contribution in [2.45, 2.75) is 25.7 Å². The maximum atomic E-state index is 11.4. The van der Waals surface area contributed by atoms with E-state index in [2.05, 4.69) is 15.7 Å². The third-order valence-corrected chi connectivity index (χ3v) is 2.31. The van der Waals surface area contributed by atoms with Gasteiger partial charge in [-0.25, -0.2) is 4.79 Å². The van der Waals surface area contributed by atoms with E-state index in [0.29, 0.717) is 18.8 Å². The number of aromatic nitrogens is 2. The molecule has 0 radical (unpaired) electrons. The third-order valence-electron chi connectivity index (χ3n) is 2.31. The Bertz CT molecular complexity index is 403. The first-order valence-electron chi connectivity index (χ1n) is 5.84. The number of carboxylic acids is 1. The van der Waals surface area contributed by atoms with Crippen LogP contribution in [0.2, 0.25) is 0 Å². The summed E-state index contributed by atoms with van der Waals surface area (Å²) in [5, 5.41) is 17.7. The lowest BCUT2D eigenvalue weighted by molar-refractivity contribution is -0.137. The lowest BCUT2D eigenvalue weighted by atomic mass is 10.2. The molecule has 1 rings (SSSR count). The van der Waals surface area contributed by atoms with Gasteiger partial charge in [0.1, 0.15) is 0 Å². The Morgan fingerprint density at radius 2 is 2.17 bits per heavy atom. The Balaban J connectivity index is 2.05. The molecule has 18 heavy (non-hydrogen) atoms. The van der Waals surface area contributed by atoms with Crippen LogP contribution < -0.4 is 10.6 Å². The van der Waals surface area contributed by atoms with Gasteiger partial charge in [-0.05, 0) is 12.8 Å². The Hall–Kier alpha value is -2.05. The molecule has 100 valence electrons. The molecule has 0 atom stereocenters. The molecule has 0 aliphatic carbocycles. The van der Waals surface area contributed by atoms with Crippen molar-refractivity contribution in [1.29, 1.82) is 0 Å². The number of anilines is 1. The van der Waals surface area contributed by atoms with Crippen molar-refractivity contribution in [1.82, 2.24) is 15.1 Å². The predicted molar refractivity (Wildman–Crippen MR) is 66.3 cm³/mol. The summed E-state index contributed by atoms with van der Waals surface area (Å²) < 4.78 is 1.60. The molecule has 0 aliphatic rings. The molecule has 0 saturated heterocycles. The van der Waals surface area contributed by atoms with Crippen LogP contribution in [0.3, 0.4) is 0 Å². The highest BCUT2D eigenvalue weighted by molar-refractivity contribution is 5.88. The first-order chi connectivity index (χ1) is 8.58. The summed E-state index contributed by atoms with van der Waals surface area (Å²) in [4.78, 5) is 21.7. The van der Waals surface area contributed by atoms with Crippen molar-refractivity contribution in [3.05, 3.63) is 12.3 Å². The molecule has 0 spiro atoms. The molecule has 2 amide bonds. The molecule has 0 aliphatic heterocycles. The standard InChI is InChI=1S/C11H18N4O3/c1-15-8-6-9(14-15)13-11(18)12-7-4-2-3-5-10(16)17/h6,8H,2-5,7H2,1H3,(H,16,17)(H2,12,13,14,18). The van der Waals surface area contributed by atoms with Crippen LogP contribution in [0.4, 0.5) is 10.6 Å². The van der Waals surface area contributed by atoms with Gasteiger partial charge in [-0.1, -0.05) is 6.42 Å². The molecular weight excluding hydrogens is 236 g/mol. The number of aliphatic carboxylic acids is 1. The average Bonchev–Trinajstić information content (AvgIpc) is 2.68. The maximum Gasteiger partial charge on any atom is 0.320 e. The van der Waals surface area contributed by atoms with Gasteiger partial charge in [0.05, 0.1) is 0 Å². The van der Waals surface area contributed by atoms with Crippen LogP contribution in [0.1, 0.15) is 25.7 Å². The fourth-order valence-corrected chi connectivity index (χ4v) is 1.42. The summed E-state index contributed by atoms with van der Waals surface area (Å²) in [6.45, 7) is 0.526. The average molecular weight is 254 g/mol. The van der Waals surface area contributed by atoms with Gasteiger partial charge in [-0.15, -0.1) is 0 Å². The number of rotatable bonds is 7. The number of carboxylic acid groups (broad SMARTS) is 1. The quantitative estimate of drug-likeness (QED) is 0.637. The summed E-state index contributed by atoms with van der Waals surface area (Å²) >= 11 is 0. The Morgan fingerprint density at radius 1 is 1.39 bits per heavy atom. The van der Waals surface area contributed by atoms with E-state index in [4.69, 9.17) is 5.11 Å². The summed E-state index contributed by atoms with van der Waals surface area (Å²) in [6.07, 6.45) is 4.11. The second kappa shape index (κ2) is 7.31. The maximum absolute atomic E-state index is 11.4. The van der Waals surface area contributed by atoms with Crippen LogP contribution in [0.25, 0.3) is 0 Å². The van der Waals surface area contributed by atoms with Crippen molar-refractivity contribution < 1.29 is 14.7 Å². The minimum Gasteiger partial charge on any atom is -0.481 e. The molecule has 0 saturated carbocycles. The van der Waals surface area contributed by atoms with Gasteiger partial charge < -0.3 is 10.4 Å². The van der Waals surface area contributed by atoms with E-state index in [1.54, 1.807) is 24.0 Å². The first kappa shape index (κ1) is 14.0. The summed E-state index contributed by atoms with van der Waals surface area (Å²) in [5.41, 5.74) is 0. The molecule has 0 fully saturated rings. The van der Waals surface area contributed by atoms with Crippen molar-refractivity contribution >= 4 is 17.8 Å². The molecule has 1 heterocycles. The number of hydrogen-bond donors (Lipinski definition) is 3. The van der Waals surface area contributed by atoms with Crippen LogP contribution in [0, 0.1) is 0 Å². The summed E-state index contributed by atoms with van der Waals surface area (Å²) in [5.74, 6) is -0.281. The van der Waals surface area contributed by atoms with Crippen LogP contribution in [0.15, 0.2) is 12.3 Å². The van der Waals surface area contributed by atoms with Crippen molar-refractivity contribution in [3.63, 3.8) is 0 Å². The number of carbonyl (C=O) groups excluding carboxylic acids is 1. The van der Waals surface area contributed by atoms with E-state index in [-0.39, 0.29) is 12.5 Å². The number of amides is 2. The van der Waals surface area contributed by atoms with Crippen LogP contribution >= 0.6 is 0 Å². The molecular formula is C11H18N4O3. The SMILES string of the molecule is Cn1ccc(NC(=O)NCCCCCC(=O)O)n1. The van der Waals surface area contributed by atoms with Gasteiger partial charge in [0.25, 0.3) is 0 Å². The largest absolute Gasteiger partial charge is 0.481 e. The molecule has 0 aromatic carbocycles. The molecule has 3 N–H and O–H groups in total. The van der Waals surface area contributed by atoms with Crippen molar-refractivity contribution in [2.24, 2.45) is 7.05 Å². The molecule has 7 heteroatoms. The van der Waals surface area contributed by atoms with Crippen molar-refractivity contribution in [2.75, 3.05) is 11.9 Å². The van der Waals surface area contributed by atoms with E-state index >= 15 is 0 Å². The van der Waals surface area contributed by atoms with Gasteiger partial charge in [0, 0.05) is 32.3 Å². The monoisotopic (exact) mass is 254 g/mol. The zero-order valence-electron chi connectivity index (χ0n) is 10.3. The van der Waals surface area contributed by atoms with E-state index in [1.807, 2.05) is 0 Å². The van der Waals surface area contributed by atoms with Crippen LogP contribution in [-0.2, 0) is 11.8 Å². The van der Waals surface area contributed by atoms with Crippen LogP contribution in [-0.4, -0.2) is 33.4 Å². The minimum absolute atomic E-state index is 0.181. The molecule has 0 bridgehead atoms. The Morgan fingerprint density at radius 3 is 2.78 bits per heavy atom. The normalized spacial score (nSPS) is 10.1. The second-order valence-corrected chi connectivity index (χ2v) is 3.96. The predicted octanol–water partition coefficient (Wildman–Crippen LogP) is 1.19. The first-order valence-corrected chi connectivity index (χ1v) is 5.84. The molecule has 7 nitrogen and oxygen atoms in total. The number of aryl methyl sites for hydroxylation is 1. The lowest BCUT2D eigenvalue weighted by Gasteiger charge is -2.04. The Kier molecular flexibility index (Phi) is 5.69. The minimum atomic E-state index is -0.782. The van der Waals surface area contributed by atoms with Crippen LogP contribution in [0.5, 0.6) is 0 Å². The lowest BCUT2D eigenvalue weighted by Crippen LogP contribution is -2.29. The van der Waals surface area contributed by atoms with E-state index < -0.39 is 5.97 Å².